The molecule has 110 valence electrons. The Balaban J connectivity index is 2.53. The standard InChI is InChI=1S/C14H20N2O4/c1-3-4-9(2)16-13(17)8-20-12-6-5-10(14(18)19)7-11(12)15/h5-7,9H,3-4,8,15H2,1-2H3,(H,16,17)(H,18,19). The van der Waals surface area contributed by atoms with Crippen molar-refractivity contribution in [2.45, 2.75) is 32.7 Å². The van der Waals surface area contributed by atoms with Crippen LogP contribution in [0.5, 0.6) is 5.75 Å². The number of amides is 1. The van der Waals surface area contributed by atoms with Crippen LogP contribution in [-0.4, -0.2) is 29.6 Å². The predicted octanol–water partition coefficient (Wildman–Crippen LogP) is 1.65. The van der Waals surface area contributed by atoms with Crippen LogP contribution >= 0.6 is 0 Å². The molecule has 0 bridgehead atoms. The molecular weight excluding hydrogens is 260 g/mol. The van der Waals surface area contributed by atoms with Crippen molar-refractivity contribution in [3.8, 4) is 5.75 Å². The SMILES string of the molecule is CCCC(C)NC(=O)COc1ccc(C(=O)O)cc1N. The molecule has 1 atom stereocenters. The predicted molar refractivity (Wildman–Crippen MR) is 75.8 cm³/mol. The van der Waals surface area contributed by atoms with Gasteiger partial charge in [-0.15, -0.1) is 0 Å². The van der Waals surface area contributed by atoms with Gasteiger partial charge in [0.05, 0.1) is 11.3 Å². The summed E-state index contributed by atoms with van der Waals surface area (Å²) in [5.41, 5.74) is 5.95. The number of benzene rings is 1. The smallest absolute Gasteiger partial charge is 0.335 e. The van der Waals surface area contributed by atoms with Crippen molar-refractivity contribution >= 4 is 17.6 Å². The maximum Gasteiger partial charge on any atom is 0.335 e. The Labute approximate surface area is 117 Å². The number of anilines is 1. The normalized spacial score (nSPS) is 11.7. The number of carboxylic acid groups (broad SMARTS) is 1. The minimum absolute atomic E-state index is 0.0795. The third kappa shape index (κ3) is 4.79. The molecule has 0 aliphatic heterocycles. The Bertz CT molecular complexity index is 488. The van der Waals surface area contributed by atoms with Gasteiger partial charge in [0, 0.05) is 6.04 Å². The Hall–Kier alpha value is -2.24. The summed E-state index contributed by atoms with van der Waals surface area (Å²) < 4.78 is 5.28. The number of carboxylic acids is 1. The second kappa shape index (κ2) is 7.37. The summed E-state index contributed by atoms with van der Waals surface area (Å²) in [6.07, 6.45) is 1.90. The van der Waals surface area contributed by atoms with Gasteiger partial charge in [0.25, 0.3) is 5.91 Å². The lowest BCUT2D eigenvalue weighted by Gasteiger charge is -2.14. The number of nitrogens with one attached hydrogen (secondary N) is 1. The van der Waals surface area contributed by atoms with E-state index in [4.69, 9.17) is 15.6 Å². The number of ether oxygens (including phenoxy) is 1. The van der Waals surface area contributed by atoms with E-state index in [0.29, 0.717) is 5.75 Å². The Morgan fingerprint density at radius 1 is 1.45 bits per heavy atom. The summed E-state index contributed by atoms with van der Waals surface area (Å²) >= 11 is 0. The quantitative estimate of drug-likeness (QED) is 0.659. The van der Waals surface area contributed by atoms with Gasteiger partial charge in [0.2, 0.25) is 0 Å². The van der Waals surface area contributed by atoms with Crippen molar-refractivity contribution < 1.29 is 19.4 Å². The molecule has 0 heterocycles. The fourth-order valence-electron chi connectivity index (χ4n) is 1.78. The largest absolute Gasteiger partial charge is 0.482 e. The fourth-order valence-corrected chi connectivity index (χ4v) is 1.78. The summed E-state index contributed by atoms with van der Waals surface area (Å²) in [4.78, 5) is 22.4. The summed E-state index contributed by atoms with van der Waals surface area (Å²) in [6.45, 7) is 3.83. The van der Waals surface area contributed by atoms with Crippen LogP contribution < -0.4 is 15.8 Å². The number of hydrogen-bond donors (Lipinski definition) is 3. The van der Waals surface area contributed by atoms with E-state index in [1.165, 1.54) is 18.2 Å². The van der Waals surface area contributed by atoms with Crippen molar-refractivity contribution in [1.29, 1.82) is 0 Å². The van der Waals surface area contributed by atoms with Gasteiger partial charge in [-0.1, -0.05) is 13.3 Å². The summed E-state index contributed by atoms with van der Waals surface area (Å²) in [5, 5.41) is 11.6. The second-order valence-corrected chi connectivity index (χ2v) is 4.60. The molecule has 4 N–H and O–H groups in total. The molecule has 1 unspecified atom stereocenters. The third-order valence-electron chi connectivity index (χ3n) is 2.74. The molecule has 1 aromatic carbocycles. The molecule has 0 spiro atoms. The van der Waals surface area contributed by atoms with Crippen molar-refractivity contribution in [3.63, 3.8) is 0 Å². The Morgan fingerprint density at radius 3 is 2.70 bits per heavy atom. The number of nitrogens with two attached hydrogens (primary N) is 1. The Kier molecular flexibility index (Phi) is 5.83. The minimum atomic E-state index is -1.06. The molecule has 1 amide bonds. The zero-order valence-corrected chi connectivity index (χ0v) is 11.7. The summed E-state index contributed by atoms with van der Waals surface area (Å²) in [7, 11) is 0. The molecule has 20 heavy (non-hydrogen) atoms. The van der Waals surface area contributed by atoms with Gasteiger partial charge in [-0.3, -0.25) is 4.79 Å². The highest BCUT2D eigenvalue weighted by Crippen LogP contribution is 2.22. The number of rotatable bonds is 7. The molecule has 0 aliphatic carbocycles. The lowest BCUT2D eigenvalue weighted by Crippen LogP contribution is -2.36. The van der Waals surface area contributed by atoms with E-state index in [2.05, 4.69) is 5.32 Å². The van der Waals surface area contributed by atoms with Gasteiger partial charge in [-0.25, -0.2) is 4.79 Å². The number of aromatic carboxylic acids is 1. The zero-order valence-electron chi connectivity index (χ0n) is 11.7. The first-order valence-corrected chi connectivity index (χ1v) is 6.49. The van der Waals surface area contributed by atoms with Crippen LogP contribution in [0.2, 0.25) is 0 Å². The van der Waals surface area contributed by atoms with Crippen LogP contribution in [0.3, 0.4) is 0 Å². The average molecular weight is 280 g/mol. The van der Waals surface area contributed by atoms with E-state index in [0.717, 1.165) is 12.8 Å². The van der Waals surface area contributed by atoms with Gasteiger partial charge >= 0.3 is 5.97 Å². The zero-order chi connectivity index (χ0) is 15.1. The van der Waals surface area contributed by atoms with E-state index in [-0.39, 0.29) is 29.8 Å². The van der Waals surface area contributed by atoms with Crippen LogP contribution in [0, 0.1) is 0 Å². The van der Waals surface area contributed by atoms with E-state index in [1.54, 1.807) is 0 Å². The van der Waals surface area contributed by atoms with Crippen LogP contribution in [0.25, 0.3) is 0 Å². The Morgan fingerprint density at radius 2 is 2.15 bits per heavy atom. The van der Waals surface area contributed by atoms with Gasteiger partial charge in [0.15, 0.2) is 6.61 Å². The average Bonchev–Trinajstić information content (AvgIpc) is 2.37. The molecule has 0 aliphatic rings. The number of nitrogen functional groups attached to an aromatic ring is 1. The number of carbonyl (C=O) groups excluding carboxylic acids is 1. The van der Waals surface area contributed by atoms with Crippen LogP contribution in [0.15, 0.2) is 18.2 Å². The first-order chi connectivity index (χ1) is 9.43. The molecule has 6 heteroatoms. The lowest BCUT2D eigenvalue weighted by atomic mass is 10.2. The molecule has 0 saturated heterocycles. The first-order valence-electron chi connectivity index (χ1n) is 6.49. The van der Waals surface area contributed by atoms with Crippen LogP contribution in [0.1, 0.15) is 37.0 Å². The molecule has 1 rings (SSSR count). The third-order valence-corrected chi connectivity index (χ3v) is 2.74. The number of carbonyl (C=O) groups is 2. The van der Waals surface area contributed by atoms with Gasteiger partial charge in [0.1, 0.15) is 5.75 Å². The molecule has 1 aromatic rings. The van der Waals surface area contributed by atoms with E-state index < -0.39 is 5.97 Å². The molecule has 0 radical (unpaired) electrons. The van der Waals surface area contributed by atoms with Gasteiger partial charge in [-0.05, 0) is 31.5 Å². The van der Waals surface area contributed by atoms with Crippen LogP contribution in [-0.2, 0) is 4.79 Å². The second-order valence-electron chi connectivity index (χ2n) is 4.60. The first kappa shape index (κ1) is 15.8. The van der Waals surface area contributed by atoms with E-state index in [1.807, 2.05) is 13.8 Å². The maximum atomic E-state index is 11.6. The van der Waals surface area contributed by atoms with Gasteiger partial charge < -0.3 is 20.9 Å². The van der Waals surface area contributed by atoms with Gasteiger partial charge in [-0.2, -0.15) is 0 Å². The minimum Gasteiger partial charge on any atom is -0.482 e. The number of hydrogen-bond acceptors (Lipinski definition) is 4. The van der Waals surface area contributed by atoms with Crippen molar-refractivity contribution in [1.82, 2.24) is 5.32 Å². The molecule has 0 fully saturated rings. The van der Waals surface area contributed by atoms with Crippen LogP contribution in [0.4, 0.5) is 5.69 Å². The highest BCUT2D eigenvalue weighted by molar-refractivity contribution is 5.89. The molecule has 0 aromatic heterocycles. The summed E-state index contributed by atoms with van der Waals surface area (Å²) in [6, 6.07) is 4.23. The topological polar surface area (TPSA) is 102 Å². The monoisotopic (exact) mass is 280 g/mol. The van der Waals surface area contributed by atoms with Crippen molar-refractivity contribution in [2.75, 3.05) is 12.3 Å². The maximum absolute atomic E-state index is 11.6. The highest BCUT2D eigenvalue weighted by Gasteiger charge is 2.10. The van der Waals surface area contributed by atoms with E-state index in [9.17, 15) is 9.59 Å². The van der Waals surface area contributed by atoms with Crippen molar-refractivity contribution in [3.05, 3.63) is 23.8 Å². The molecule has 0 saturated carbocycles. The highest BCUT2D eigenvalue weighted by atomic mass is 16.5. The molecular formula is C14H20N2O4. The van der Waals surface area contributed by atoms with Crippen molar-refractivity contribution in [2.24, 2.45) is 0 Å². The fraction of sp³-hybridized carbons (Fsp3) is 0.429. The summed E-state index contributed by atoms with van der Waals surface area (Å²) in [5.74, 6) is -0.990. The van der Waals surface area contributed by atoms with E-state index >= 15 is 0 Å². The lowest BCUT2D eigenvalue weighted by molar-refractivity contribution is -0.123. The molecule has 6 nitrogen and oxygen atoms in total.